The van der Waals surface area contributed by atoms with E-state index in [2.05, 4.69) is 66.5 Å². The molecule has 24 heavy (non-hydrogen) atoms. The number of nitrogens with zero attached hydrogens (tertiary/aromatic N) is 1. The fraction of sp³-hybridized carbons (Fsp3) is 0.455. The fourth-order valence-electron chi connectivity index (χ4n) is 4.74. The maximum absolute atomic E-state index is 2.64. The Morgan fingerprint density at radius 1 is 0.917 bits per heavy atom. The van der Waals surface area contributed by atoms with Gasteiger partial charge in [0.2, 0.25) is 0 Å². The fourth-order valence-corrected chi connectivity index (χ4v) is 4.74. The molecular formula is C22H28ClN. The van der Waals surface area contributed by atoms with Crippen LogP contribution in [0, 0.1) is 5.92 Å². The van der Waals surface area contributed by atoms with Crippen molar-refractivity contribution in [3.63, 3.8) is 0 Å². The maximum Gasteiger partial charge on any atom is 0.0133 e. The first-order valence-corrected chi connectivity index (χ1v) is 9.13. The highest BCUT2D eigenvalue weighted by Gasteiger charge is 2.34. The molecule has 2 aromatic rings. The summed E-state index contributed by atoms with van der Waals surface area (Å²) < 4.78 is 0. The predicted molar refractivity (Wildman–Crippen MR) is 104 cm³/mol. The zero-order chi connectivity index (χ0) is 15.6. The molecule has 0 amide bonds. The first-order valence-electron chi connectivity index (χ1n) is 9.13. The number of likely N-dealkylation sites (tertiary alicyclic amines) is 1. The average molecular weight is 342 g/mol. The molecule has 1 nitrogen and oxygen atoms in total. The lowest BCUT2D eigenvalue weighted by Crippen LogP contribution is -2.35. The summed E-state index contributed by atoms with van der Waals surface area (Å²) in [5, 5.41) is 0. The van der Waals surface area contributed by atoms with Gasteiger partial charge in [0.05, 0.1) is 0 Å². The molecule has 1 fully saturated rings. The van der Waals surface area contributed by atoms with Gasteiger partial charge in [0.25, 0.3) is 0 Å². The van der Waals surface area contributed by atoms with Gasteiger partial charge in [-0.2, -0.15) is 0 Å². The Labute approximate surface area is 152 Å². The molecule has 0 saturated carbocycles. The van der Waals surface area contributed by atoms with Crippen molar-refractivity contribution in [2.24, 2.45) is 5.92 Å². The van der Waals surface area contributed by atoms with Crippen molar-refractivity contribution in [3.8, 4) is 0 Å². The van der Waals surface area contributed by atoms with Crippen LogP contribution in [-0.4, -0.2) is 24.5 Å². The molecule has 4 rings (SSSR count). The number of rotatable bonds is 2. The molecule has 1 aliphatic heterocycles. The van der Waals surface area contributed by atoms with E-state index in [1.165, 1.54) is 44.2 Å². The van der Waals surface area contributed by atoms with Crippen LogP contribution in [0.15, 0.2) is 54.6 Å². The first kappa shape index (κ1) is 17.5. The maximum atomic E-state index is 2.64. The molecule has 2 aromatic carbocycles. The van der Waals surface area contributed by atoms with E-state index in [4.69, 9.17) is 0 Å². The van der Waals surface area contributed by atoms with Crippen LogP contribution >= 0.6 is 12.4 Å². The Kier molecular flexibility index (Phi) is 5.63. The minimum absolute atomic E-state index is 0. The summed E-state index contributed by atoms with van der Waals surface area (Å²) in [6, 6.07) is 20.9. The molecule has 0 radical (unpaired) electrons. The van der Waals surface area contributed by atoms with E-state index in [1.54, 1.807) is 11.1 Å². The van der Waals surface area contributed by atoms with Crippen molar-refractivity contribution in [3.05, 3.63) is 71.3 Å². The third kappa shape index (κ3) is 3.53. The van der Waals surface area contributed by atoms with Crippen molar-refractivity contribution in [2.45, 2.75) is 44.1 Å². The number of likely N-dealkylation sites (N-methyl/N-ethyl adjacent to an activating group) is 1. The molecule has 2 aliphatic rings. The van der Waals surface area contributed by atoms with Crippen LogP contribution in [0.1, 0.15) is 41.9 Å². The van der Waals surface area contributed by atoms with Crippen LogP contribution in [0.25, 0.3) is 0 Å². The van der Waals surface area contributed by atoms with Gasteiger partial charge in [-0.1, -0.05) is 54.6 Å². The van der Waals surface area contributed by atoms with Crippen LogP contribution in [0.5, 0.6) is 0 Å². The lowest BCUT2D eigenvalue weighted by Gasteiger charge is -2.34. The lowest BCUT2D eigenvalue weighted by molar-refractivity contribution is 0.230. The van der Waals surface area contributed by atoms with E-state index in [0.29, 0.717) is 6.04 Å². The third-order valence-corrected chi connectivity index (χ3v) is 6.10. The largest absolute Gasteiger partial charge is 0.302 e. The van der Waals surface area contributed by atoms with Gasteiger partial charge < -0.3 is 4.90 Å². The van der Waals surface area contributed by atoms with E-state index < -0.39 is 0 Å². The van der Waals surface area contributed by atoms with Gasteiger partial charge in [-0.05, 0) is 67.7 Å². The van der Waals surface area contributed by atoms with Gasteiger partial charge in [-0.3, -0.25) is 0 Å². The van der Waals surface area contributed by atoms with Crippen molar-refractivity contribution in [1.29, 1.82) is 0 Å². The van der Waals surface area contributed by atoms with Gasteiger partial charge in [0.1, 0.15) is 0 Å². The van der Waals surface area contributed by atoms with Gasteiger partial charge in [-0.15, -0.1) is 12.4 Å². The molecule has 0 N–H and O–H groups in total. The second kappa shape index (κ2) is 7.72. The van der Waals surface area contributed by atoms with Gasteiger partial charge in [-0.25, -0.2) is 0 Å². The van der Waals surface area contributed by atoms with Crippen molar-refractivity contribution in [1.82, 2.24) is 4.90 Å². The minimum atomic E-state index is 0. The van der Waals surface area contributed by atoms with E-state index in [0.717, 1.165) is 11.8 Å². The smallest absolute Gasteiger partial charge is 0.0133 e. The molecule has 128 valence electrons. The second-order valence-electron chi connectivity index (χ2n) is 7.46. The molecule has 1 heterocycles. The molecule has 1 saturated heterocycles. The van der Waals surface area contributed by atoms with E-state index in [9.17, 15) is 0 Å². The van der Waals surface area contributed by atoms with Crippen LogP contribution in [0.4, 0.5) is 0 Å². The van der Waals surface area contributed by atoms with E-state index in [1.807, 2.05) is 0 Å². The number of aryl methyl sites for hydroxylation is 1. The zero-order valence-corrected chi connectivity index (χ0v) is 15.3. The summed E-state index contributed by atoms with van der Waals surface area (Å²) in [5.74, 6) is 1.62. The van der Waals surface area contributed by atoms with Crippen molar-refractivity contribution >= 4 is 12.4 Å². The summed E-state index contributed by atoms with van der Waals surface area (Å²) in [4.78, 5) is 2.64. The third-order valence-electron chi connectivity index (χ3n) is 6.10. The van der Waals surface area contributed by atoms with Crippen LogP contribution in [0.2, 0.25) is 0 Å². The SMILES string of the molecule is CN1CC2c3ccccc3CCC2CCC1Cc1ccccc1.Cl. The van der Waals surface area contributed by atoms with E-state index in [-0.39, 0.29) is 12.4 Å². The van der Waals surface area contributed by atoms with Gasteiger partial charge >= 0.3 is 0 Å². The summed E-state index contributed by atoms with van der Waals surface area (Å²) in [6.45, 7) is 1.22. The number of hydrogen-bond acceptors (Lipinski definition) is 1. The summed E-state index contributed by atoms with van der Waals surface area (Å²) >= 11 is 0. The molecule has 2 heteroatoms. The van der Waals surface area contributed by atoms with Crippen molar-refractivity contribution in [2.75, 3.05) is 13.6 Å². The molecule has 0 aromatic heterocycles. The molecule has 3 unspecified atom stereocenters. The monoisotopic (exact) mass is 341 g/mol. The number of benzene rings is 2. The molecule has 1 aliphatic carbocycles. The second-order valence-corrected chi connectivity index (χ2v) is 7.46. The molecular weight excluding hydrogens is 314 g/mol. The topological polar surface area (TPSA) is 3.24 Å². The first-order chi connectivity index (χ1) is 11.3. The number of hydrogen-bond donors (Lipinski definition) is 0. The summed E-state index contributed by atoms with van der Waals surface area (Å²) in [7, 11) is 2.34. The molecule has 0 spiro atoms. The highest BCUT2D eigenvalue weighted by molar-refractivity contribution is 5.85. The highest BCUT2D eigenvalue weighted by atomic mass is 35.5. The van der Waals surface area contributed by atoms with Crippen LogP contribution < -0.4 is 0 Å². The molecule has 3 atom stereocenters. The van der Waals surface area contributed by atoms with Crippen LogP contribution in [-0.2, 0) is 12.8 Å². The number of fused-ring (bicyclic) bond motifs is 3. The zero-order valence-electron chi connectivity index (χ0n) is 14.5. The van der Waals surface area contributed by atoms with E-state index >= 15 is 0 Å². The Morgan fingerprint density at radius 3 is 2.50 bits per heavy atom. The summed E-state index contributed by atoms with van der Waals surface area (Å²) in [6.07, 6.45) is 6.59. The minimum Gasteiger partial charge on any atom is -0.302 e. The quantitative estimate of drug-likeness (QED) is 0.735. The average Bonchev–Trinajstić information content (AvgIpc) is 2.75. The van der Waals surface area contributed by atoms with Crippen molar-refractivity contribution < 1.29 is 0 Å². The summed E-state index contributed by atoms with van der Waals surface area (Å²) in [5.41, 5.74) is 4.72. The Hall–Kier alpha value is -1.31. The standard InChI is InChI=1S/C22H27N.ClH/c1-23-16-22-19(12-11-18-9-5-6-10-21(18)22)13-14-20(23)15-17-7-3-2-4-8-17;/h2-10,19-20,22H,11-16H2,1H3;1H. The molecule has 0 bridgehead atoms. The Bertz CT molecular complexity index is 654. The lowest BCUT2D eigenvalue weighted by atomic mass is 9.73. The Morgan fingerprint density at radius 2 is 1.67 bits per heavy atom. The number of halogens is 1. The van der Waals surface area contributed by atoms with Gasteiger partial charge in [0, 0.05) is 12.6 Å². The normalized spacial score (nSPS) is 26.6. The van der Waals surface area contributed by atoms with Crippen LogP contribution in [0.3, 0.4) is 0 Å². The van der Waals surface area contributed by atoms with Gasteiger partial charge in [0.15, 0.2) is 0 Å². The Balaban J connectivity index is 0.00000169. The highest BCUT2D eigenvalue weighted by Crippen LogP contribution is 2.41. The predicted octanol–water partition coefficient (Wildman–Crippen LogP) is 5.09.